The molecule has 0 heterocycles. The van der Waals surface area contributed by atoms with Gasteiger partial charge in [-0.3, -0.25) is 6.08 Å². The van der Waals surface area contributed by atoms with Crippen molar-refractivity contribution in [1.29, 1.82) is 0 Å². The number of aliphatic hydroxyl groups excluding tert-OH is 3. The summed E-state index contributed by atoms with van der Waals surface area (Å²) in [5.74, 6) is 0. The van der Waals surface area contributed by atoms with Gasteiger partial charge in [0, 0.05) is 41.5 Å². The molecule has 0 radical (unpaired) electrons. The van der Waals surface area contributed by atoms with Gasteiger partial charge >= 0.3 is 0 Å². The van der Waals surface area contributed by atoms with Crippen molar-refractivity contribution in [1.82, 2.24) is 0 Å². The van der Waals surface area contributed by atoms with Gasteiger partial charge in [-0.25, -0.2) is 12.2 Å². The van der Waals surface area contributed by atoms with Crippen molar-refractivity contribution < 1.29 is 37.0 Å². The first-order valence-corrected chi connectivity index (χ1v) is 4.79. The third-order valence-electron chi connectivity index (χ3n) is 0.586. The maximum atomic E-state index is 7.57. The Labute approximate surface area is 108 Å². The fraction of sp³-hybridized carbons (Fsp3) is 0.636. The Balaban J connectivity index is -0.0000000550. The van der Waals surface area contributed by atoms with Crippen LogP contribution in [-0.2, 0) is 21.7 Å². The Morgan fingerprint density at radius 1 is 1.00 bits per heavy atom. The third kappa shape index (κ3) is 79.7. The molecular weight excluding hydrogens is 228 g/mol. The standard InChI is InChI=1S/C5H5.3C2H6O.Ti/c1-2-4-5-3-1;3*1-2-3;/h1-3H,4H2;3*3H,2H2,1H3;/q-1;;;;. The molecule has 0 saturated heterocycles. The molecule has 0 saturated carbocycles. The molecule has 0 amide bonds. The van der Waals surface area contributed by atoms with E-state index in [9.17, 15) is 0 Å². The van der Waals surface area contributed by atoms with Crippen LogP contribution >= 0.6 is 0 Å². The minimum Gasteiger partial charge on any atom is -0.397 e. The quantitative estimate of drug-likeness (QED) is 0.449. The van der Waals surface area contributed by atoms with Gasteiger partial charge in [0.1, 0.15) is 0 Å². The largest absolute Gasteiger partial charge is 0.397 e. The summed E-state index contributed by atoms with van der Waals surface area (Å²) in [4.78, 5) is 0. The maximum absolute atomic E-state index is 7.57. The molecule has 0 aromatic heterocycles. The minimum atomic E-state index is 0. The molecule has 90 valence electrons. The molecule has 4 heteroatoms. The zero-order chi connectivity index (χ0) is 11.7. The van der Waals surface area contributed by atoms with E-state index in [1.165, 1.54) is 0 Å². The van der Waals surface area contributed by atoms with Gasteiger partial charge in [-0.05, 0) is 20.8 Å². The smallest absolute Gasteiger partial charge is 0.0402 e. The van der Waals surface area contributed by atoms with E-state index in [0.29, 0.717) is 0 Å². The topological polar surface area (TPSA) is 60.7 Å². The summed E-state index contributed by atoms with van der Waals surface area (Å²) in [7, 11) is 0. The summed E-state index contributed by atoms with van der Waals surface area (Å²) in [5.41, 5.74) is 0. The molecule has 1 aliphatic carbocycles. The summed E-state index contributed by atoms with van der Waals surface area (Å²) in [5, 5.41) is 22.7. The van der Waals surface area contributed by atoms with Crippen LogP contribution < -0.4 is 0 Å². The third-order valence-corrected chi connectivity index (χ3v) is 0.586. The summed E-state index contributed by atoms with van der Waals surface area (Å²) >= 11 is 0. The summed E-state index contributed by atoms with van der Waals surface area (Å²) in [6.45, 7) is 5.79. The van der Waals surface area contributed by atoms with Crippen molar-refractivity contribution in [3.05, 3.63) is 24.3 Å². The van der Waals surface area contributed by atoms with Crippen molar-refractivity contribution >= 4 is 0 Å². The van der Waals surface area contributed by atoms with E-state index in [-0.39, 0.29) is 41.5 Å². The van der Waals surface area contributed by atoms with Crippen LogP contribution in [0.25, 0.3) is 0 Å². The Hall–Kier alpha value is 0.0743. The van der Waals surface area contributed by atoms with E-state index in [1.807, 2.05) is 12.2 Å². The maximum Gasteiger partial charge on any atom is 0.0402 e. The average Bonchev–Trinajstić information content (AvgIpc) is 2.63. The van der Waals surface area contributed by atoms with Gasteiger partial charge in [0.15, 0.2) is 0 Å². The monoisotopic (exact) mass is 251 g/mol. The van der Waals surface area contributed by atoms with E-state index < -0.39 is 0 Å². The Morgan fingerprint density at radius 3 is 1.40 bits per heavy atom. The molecule has 15 heavy (non-hydrogen) atoms. The summed E-state index contributed by atoms with van der Waals surface area (Å²) in [6.07, 6.45) is 10.0. The molecule has 1 rings (SSSR count). The van der Waals surface area contributed by atoms with Crippen LogP contribution in [0.15, 0.2) is 18.2 Å². The molecule has 0 aromatic carbocycles. The molecule has 0 unspecified atom stereocenters. The van der Waals surface area contributed by atoms with Gasteiger partial charge in [0.2, 0.25) is 0 Å². The van der Waals surface area contributed by atoms with Crippen LogP contribution in [0, 0.1) is 6.08 Å². The van der Waals surface area contributed by atoms with E-state index >= 15 is 0 Å². The number of allylic oxidation sites excluding steroid dienone is 4. The Bertz CT molecular complexity index is 99.6. The average molecular weight is 251 g/mol. The normalized spacial score (nSPS) is 9.47. The SMILES string of the molecule is CCO.CCO.CCO.[C-]1=CC=CC1.[Ti]. The molecule has 0 atom stereocenters. The molecule has 0 spiro atoms. The molecule has 0 fully saturated rings. The van der Waals surface area contributed by atoms with Crippen LogP contribution in [0.5, 0.6) is 0 Å². The van der Waals surface area contributed by atoms with Gasteiger partial charge < -0.3 is 15.3 Å². The van der Waals surface area contributed by atoms with Gasteiger partial charge in [-0.2, -0.15) is 6.08 Å². The van der Waals surface area contributed by atoms with Crippen LogP contribution in [0.4, 0.5) is 0 Å². The van der Waals surface area contributed by atoms with Gasteiger partial charge in [0.25, 0.3) is 0 Å². The Morgan fingerprint density at radius 2 is 1.33 bits per heavy atom. The van der Waals surface area contributed by atoms with Crippen molar-refractivity contribution in [2.45, 2.75) is 27.2 Å². The molecule has 3 N–H and O–H groups in total. The Kier molecular flexibility index (Phi) is 59.9. The summed E-state index contributed by atoms with van der Waals surface area (Å²) < 4.78 is 0. The molecular formula is C11H23O3Ti-. The van der Waals surface area contributed by atoms with E-state index in [4.69, 9.17) is 15.3 Å². The first kappa shape index (κ1) is 24.3. The second-order valence-electron chi connectivity index (χ2n) is 1.95. The van der Waals surface area contributed by atoms with Crippen LogP contribution in [-0.4, -0.2) is 35.1 Å². The second-order valence-corrected chi connectivity index (χ2v) is 1.95. The van der Waals surface area contributed by atoms with E-state index in [2.05, 4.69) is 12.2 Å². The predicted octanol–water partition coefficient (Wildman–Crippen LogP) is 1.30. The van der Waals surface area contributed by atoms with Crippen molar-refractivity contribution in [3.63, 3.8) is 0 Å². The van der Waals surface area contributed by atoms with Gasteiger partial charge in [-0.15, -0.1) is 6.42 Å². The number of aliphatic hydroxyl groups is 3. The fourth-order valence-corrected chi connectivity index (χ4v) is 0.340. The molecule has 0 aromatic rings. The van der Waals surface area contributed by atoms with Crippen molar-refractivity contribution in [3.8, 4) is 0 Å². The second kappa shape index (κ2) is 36.9. The molecule has 0 aliphatic heterocycles. The molecule has 3 nitrogen and oxygen atoms in total. The van der Waals surface area contributed by atoms with Crippen molar-refractivity contribution in [2.24, 2.45) is 0 Å². The minimum absolute atomic E-state index is 0. The number of hydrogen-bond acceptors (Lipinski definition) is 3. The van der Waals surface area contributed by atoms with Crippen LogP contribution in [0.2, 0.25) is 0 Å². The van der Waals surface area contributed by atoms with Crippen LogP contribution in [0.1, 0.15) is 27.2 Å². The summed E-state index contributed by atoms with van der Waals surface area (Å²) in [6, 6.07) is 0. The first-order valence-electron chi connectivity index (χ1n) is 4.79. The zero-order valence-corrected chi connectivity index (χ0v) is 11.5. The number of rotatable bonds is 0. The van der Waals surface area contributed by atoms with Crippen molar-refractivity contribution in [2.75, 3.05) is 19.8 Å². The van der Waals surface area contributed by atoms with E-state index in [1.54, 1.807) is 20.8 Å². The van der Waals surface area contributed by atoms with E-state index in [0.717, 1.165) is 6.42 Å². The molecule has 0 bridgehead atoms. The van der Waals surface area contributed by atoms with Crippen LogP contribution in [0.3, 0.4) is 0 Å². The molecule has 1 aliphatic rings. The zero-order valence-electron chi connectivity index (χ0n) is 9.90. The number of hydrogen-bond donors (Lipinski definition) is 3. The predicted molar refractivity (Wildman–Crippen MR) is 59.8 cm³/mol. The fourth-order valence-electron chi connectivity index (χ4n) is 0.340. The first-order chi connectivity index (χ1) is 6.74. The van der Waals surface area contributed by atoms with Gasteiger partial charge in [-0.1, -0.05) is 0 Å². The van der Waals surface area contributed by atoms with Gasteiger partial charge in [0.05, 0.1) is 0 Å².